The Morgan fingerprint density at radius 3 is 2.48 bits per heavy atom. The van der Waals surface area contributed by atoms with Crippen molar-refractivity contribution in [3.05, 3.63) is 95.2 Å². The first-order chi connectivity index (χ1) is 15.1. The van der Waals surface area contributed by atoms with Gasteiger partial charge in [0.1, 0.15) is 17.2 Å². The van der Waals surface area contributed by atoms with E-state index < -0.39 is 5.97 Å². The highest BCUT2D eigenvalue weighted by Gasteiger charge is 2.22. The van der Waals surface area contributed by atoms with Crippen molar-refractivity contribution < 1.29 is 19.7 Å². The van der Waals surface area contributed by atoms with Crippen molar-refractivity contribution in [2.45, 2.75) is 19.6 Å². The third-order valence-electron chi connectivity index (χ3n) is 5.32. The number of hydrogen-bond donors (Lipinski definition) is 3. The number of carboxylic acid groups (broad SMARTS) is 1. The Labute approximate surface area is 180 Å². The van der Waals surface area contributed by atoms with Crippen LogP contribution in [0, 0.1) is 0 Å². The third kappa shape index (κ3) is 4.39. The molecule has 31 heavy (non-hydrogen) atoms. The number of methoxy groups -OCH3 is 1. The largest absolute Gasteiger partial charge is 0.508 e. The number of phenols is 1. The second kappa shape index (κ2) is 8.93. The van der Waals surface area contributed by atoms with Crippen LogP contribution in [0.2, 0.25) is 0 Å². The summed E-state index contributed by atoms with van der Waals surface area (Å²) < 4.78 is 7.10. The summed E-state index contributed by atoms with van der Waals surface area (Å²) in [5.74, 6) is 0.00573. The molecule has 0 fully saturated rings. The third-order valence-corrected chi connectivity index (χ3v) is 5.32. The number of aromatic carboxylic acids is 1. The molecule has 3 N–H and O–H groups in total. The maximum absolute atomic E-state index is 12.3. The highest BCUT2D eigenvalue weighted by atomic mass is 16.5. The predicted octanol–water partition coefficient (Wildman–Crippen LogP) is 4.39. The second-order valence-corrected chi connectivity index (χ2v) is 7.36. The van der Waals surface area contributed by atoms with E-state index in [1.165, 1.54) is 0 Å². The molecule has 4 rings (SSSR count). The minimum atomic E-state index is -0.965. The Kier molecular flexibility index (Phi) is 5.91. The van der Waals surface area contributed by atoms with Gasteiger partial charge in [0.05, 0.1) is 7.11 Å². The summed E-state index contributed by atoms with van der Waals surface area (Å²) in [4.78, 5) is 12.3. The van der Waals surface area contributed by atoms with E-state index >= 15 is 0 Å². The lowest BCUT2D eigenvalue weighted by molar-refractivity contribution is 0.0684. The van der Waals surface area contributed by atoms with Gasteiger partial charge >= 0.3 is 5.97 Å². The number of benzene rings is 3. The van der Waals surface area contributed by atoms with Crippen LogP contribution in [0.1, 0.15) is 27.2 Å². The van der Waals surface area contributed by atoms with Crippen molar-refractivity contribution in [2.24, 2.45) is 0 Å². The van der Waals surface area contributed by atoms with E-state index in [0.29, 0.717) is 19.6 Å². The Balaban J connectivity index is 1.66. The fourth-order valence-electron chi connectivity index (χ4n) is 3.86. The molecule has 0 radical (unpaired) electrons. The van der Waals surface area contributed by atoms with Crippen molar-refractivity contribution in [1.29, 1.82) is 0 Å². The molecular formula is C25H24N2O4. The van der Waals surface area contributed by atoms with Crippen molar-refractivity contribution in [3.8, 4) is 11.5 Å². The van der Waals surface area contributed by atoms with Crippen LogP contribution < -0.4 is 10.1 Å². The van der Waals surface area contributed by atoms with E-state index in [0.717, 1.165) is 33.3 Å². The van der Waals surface area contributed by atoms with Crippen molar-refractivity contribution in [3.63, 3.8) is 0 Å². The summed E-state index contributed by atoms with van der Waals surface area (Å²) in [6.07, 6.45) is 0. The first-order valence-corrected chi connectivity index (χ1v) is 10.0. The summed E-state index contributed by atoms with van der Waals surface area (Å²) in [5, 5.41) is 23.9. The van der Waals surface area contributed by atoms with Crippen molar-refractivity contribution in [1.82, 2.24) is 9.88 Å². The van der Waals surface area contributed by atoms with Gasteiger partial charge in [-0.1, -0.05) is 42.5 Å². The van der Waals surface area contributed by atoms with E-state index in [1.54, 1.807) is 31.4 Å². The topological polar surface area (TPSA) is 83.7 Å². The SMILES string of the molecule is COc1cccc(CNCc2c(C(=O)O)n(Cc3ccc(O)cc3)c3ccccc23)c1. The molecule has 0 atom stereocenters. The quantitative estimate of drug-likeness (QED) is 0.397. The summed E-state index contributed by atoms with van der Waals surface area (Å²) >= 11 is 0. The van der Waals surface area contributed by atoms with E-state index in [2.05, 4.69) is 5.32 Å². The minimum Gasteiger partial charge on any atom is -0.508 e. The summed E-state index contributed by atoms with van der Waals surface area (Å²) in [6, 6.07) is 22.3. The van der Waals surface area contributed by atoms with Gasteiger partial charge in [-0.15, -0.1) is 0 Å². The van der Waals surface area contributed by atoms with E-state index in [4.69, 9.17) is 4.74 Å². The number of aromatic hydroxyl groups is 1. The second-order valence-electron chi connectivity index (χ2n) is 7.36. The molecule has 0 saturated carbocycles. The molecule has 0 amide bonds. The molecule has 0 spiro atoms. The number of para-hydroxylation sites is 1. The first kappa shape index (κ1) is 20.5. The molecule has 0 aliphatic heterocycles. The highest BCUT2D eigenvalue weighted by Crippen LogP contribution is 2.28. The van der Waals surface area contributed by atoms with Crippen molar-refractivity contribution in [2.75, 3.05) is 7.11 Å². The molecule has 1 aromatic heterocycles. The zero-order valence-electron chi connectivity index (χ0n) is 17.2. The van der Waals surface area contributed by atoms with Gasteiger partial charge in [-0.05, 0) is 41.5 Å². The lowest BCUT2D eigenvalue weighted by Gasteiger charge is -2.10. The smallest absolute Gasteiger partial charge is 0.352 e. The van der Waals surface area contributed by atoms with Crippen LogP contribution in [-0.2, 0) is 19.6 Å². The number of fused-ring (bicyclic) bond motifs is 1. The molecular weight excluding hydrogens is 392 g/mol. The van der Waals surface area contributed by atoms with Crippen LogP contribution in [0.25, 0.3) is 10.9 Å². The predicted molar refractivity (Wildman–Crippen MR) is 120 cm³/mol. The Morgan fingerprint density at radius 2 is 1.74 bits per heavy atom. The summed E-state index contributed by atoms with van der Waals surface area (Å²) in [7, 11) is 1.63. The lowest BCUT2D eigenvalue weighted by Crippen LogP contribution is -2.17. The maximum atomic E-state index is 12.3. The first-order valence-electron chi connectivity index (χ1n) is 10.0. The normalized spacial score (nSPS) is 11.0. The number of aromatic nitrogens is 1. The number of phenolic OH excluding ortho intramolecular Hbond substituents is 1. The van der Waals surface area contributed by atoms with Gasteiger partial charge in [0.2, 0.25) is 0 Å². The van der Waals surface area contributed by atoms with Gasteiger partial charge in [-0.2, -0.15) is 0 Å². The summed E-state index contributed by atoms with van der Waals surface area (Å²) in [6.45, 7) is 1.41. The number of hydrogen-bond acceptors (Lipinski definition) is 4. The minimum absolute atomic E-state index is 0.182. The lowest BCUT2D eigenvalue weighted by atomic mass is 10.1. The van der Waals surface area contributed by atoms with E-state index in [9.17, 15) is 15.0 Å². The Bertz CT molecular complexity index is 1210. The summed E-state index contributed by atoms with van der Waals surface area (Å²) in [5.41, 5.74) is 3.87. The maximum Gasteiger partial charge on any atom is 0.352 e. The van der Waals surface area contributed by atoms with Gasteiger partial charge in [0, 0.05) is 36.1 Å². The molecule has 158 valence electrons. The molecule has 6 nitrogen and oxygen atoms in total. The molecule has 3 aromatic carbocycles. The number of carbonyl (C=O) groups is 1. The standard InChI is InChI=1S/C25H24N2O4/c1-31-20-6-4-5-18(13-20)14-26-15-22-21-7-2-3-8-23(21)27(24(22)25(29)30)16-17-9-11-19(28)12-10-17/h2-13,26,28H,14-16H2,1H3,(H,29,30). The Hall–Kier alpha value is -3.77. The number of rotatable bonds is 8. The molecule has 6 heteroatoms. The van der Waals surface area contributed by atoms with Crippen LogP contribution in [0.5, 0.6) is 11.5 Å². The van der Waals surface area contributed by atoms with Gasteiger partial charge in [-0.3, -0.25) is 0 Å². The molecule has 0 bridgehead atoms. The van der Waals surface area contributed by atoms with Crippen LogP contribution >= 0.6 is 0 Å². The van der Waals surface area contributed by atoms with Crippen LogP contribution in [0.15, 0.2) is 72.8 Å². The Morgan fingerprint density at radius 1 is 0.968 bits per heavy atom. The average molecular weight is 416 g/mol. The molecule has 0 aliphatic rings. The zero-order chi connectivity index (χ0) is 21.8. The fraction of sp³-hybridized carbons (Fsp3) is 0.160. The number of nitrogens with one attached hydrogen (secondary N) is 1. The van der Waals surface area contributed by atoms with Crippen molar-refractivity contribution >= 4 is 16.9 Å². The monoisotopic (exact) mass is 416 g/mol. The van der Waals surface area contributed by atoms with Crippen LogP contribution in [0.4, 0.5) is 0 Å². The number of nitrogens with zero attached hydrogens (tertiary/aromatic N) is 1. The fourth-order valence-corrected chi connectivity index (χ4v) is 3.86. The van der Waals surface area contributed by atoms with Crippen LogP contribution in [-0.4, -0.2) is 27.9 Å². The molecule has 0 unspecified atom stereocenters. The van der Waals surface area contributed by atoms with Crippen LogP contribution in [0.3, 0.4) is 0 Å². The molecule has 0 aliphatic carbocycles. The molecule has 0 saturated heterocycles. The number of ether oxygens (including phenoxy) is 1. The highest BCUT2D eigenvalue weighted by molar-refractivity contribution is 5.98. The van der Waals surface area contributed by atoms with Gasteiger partial charge in [0.25, 0.3) is 0 Å². The van der Waals surface area contributed by atoms with Gasteiger partial charge < -0.3 is 24.8 Å². The van der Waals surface area contributed by atoms with Gasteiger partial charge in [0.15, 0.2) is 0 Å². The molecule has 4 aromatic rings. The van der Waals surface area contributed by atoms with Gasteiger partial charge in [-0.25, -0.2) is 4.79 Å². The molecule has 1 heterocycles. The zero-order valence-corrected chi connectivity index (χ0v) is 17.2. The average Bonchev–Trinajstić information content (AvgIpc) is 3.09. The van der Waals surface area contributed by atoms with E-state index in [-0.39, 0.29) is 11.4 Å². The number of carboxylic acids is 1. The van der Waals surface area contributed by atoms with E-state index in [1.807, 2.05) is 53.1 Å².